The van der Waals surface area contributed by atoms with Crippen LogP contribution in [0.3, 0.4) is 0 Å². The van der Waals surface area contributed by atoms with Crippen LogP contribution in [-0.4, -0.2) is 89.2 Å². The van der Waals surface area contributed by atoms with Gasteiger partial charge in [0.1, 0.15) is 18.8 Å². The zero-order valence-electron chi connectivity index (χ0n) is 43.8. The minimum Gasteiger partial charge on any atom is -0.479 e. The molecule has 0 spiro atoms. The summed E-state index contributed by atoms with van der Waals surface area (Å²) in [5, 5.41) is 31.4. The molecule has 12 heteroatoms. The Morgan fingerprint density at radius 1 is 0.493 bits per heavy atom. The zero-order chi connectivity index (χ0) is 50.4. The van der Waals surface area contributed by atoms with Gasteiger partial charge in [-0.25, -0.2) is 4.79 Å². The lowest BCUT2D eigenvalue weighted by molar-refractivity contribution is -0.301. The highest BCUT2D eigenvalue weighted by atomic mass is 16.7. The van der Waals surface area contributed by atoms with Gasteiger partial charge in [-0.1, -0.05) is 218 Å². The molecule has 6 unspecified atom stereocenters. The van der Waals surface area contributed by atoms with E-state index in [4.69, 9.17) is 23.7 Å². The number of allylic oxidation sites excluding steroid dienone is 6. The monoisotopic (exact) mass is 977 g/mol. The van der Waals surface area contributed by atoms with E-state index in [1.807, 2.05) is 0 Å². The number of carboxylic acids is 1. The first-order valence-corrected chi connectivity index (χ1v) is 28.0. The predicted molar refractivity (Wildman–Crippen MR) is 276 cm³/mol. The molecule has 0 amide bonds. The van der Waals surface area contributed by atoms with Gasteiger partial charge in [0.2, 0.25) is 0 Å². The van der Waals surface area contributed by atoms with E-state index in [0.29, 0.717) is 19.3 Å². The standard InChI is InChI=1S/C57H100O12/c1-4-7-10-13-16-19-21-23-24-25-26-28-30-33-36-39-42-45-51(60)68-55-53(62)52(61)54(56(63)64)69-57(55)66-47-48(67-50(59)44-41-38-35-31-18-15-12-9-6-3)46-65-49(58)43-40-37-34-32-29-27-22-20-17-14-11-8-5-2/h8,11,17,20,27,29,48,52-55,57,61-62H,4-7,9-10,12-16,18-19,21-26,28,30-47H2,1-3H3,(H,63,64)/b11-8-,20-17-,29-27-. The third-order valence-corrected chi connectivity index (χ3v) is 12.7. The van der Waals surface area contributed by atoms with Crippen molar-refractivity contribution in [1.29, 1.82) is 0 Å². The van der Waals surface area contributed by atoms with Crippen LogP contribution in [-0.2, 0) is 42.9 Å². The van der Waals surface area contributed by atoms with Crippen molar-refractivity contribution in [2.24, 2.45) is 0 Å². The lowest BCUT2D eigenvalue weighted by atomic mass is 9.98. The number of carbonyl (C=O) groups excluding carboxylic acids is 3. The number of aliphatic carboxylic acids is 1. The minimum absolute atomic E-state index is 0.0633. The maximum Gasteiger partial charge on any atom is 0.335 e. The molecule has 0 aliphatic carbocycles. The summed E-state index contributed by atoms with van der Waals surface area (Å²) in [5.41, 5.74) is 0. The van der Waals surface area contributed by atoms with Gasteiger partial charge in [-0.15, -0.1) is 0 Å². The molecule has 1 saturated heterocycles. The zero-order valence-corrected chi connectivity index (χ0v) is 43.8. The van der Waals surface area contributed by atoms with E-state index in [2.05, 4.69) is 57.2 Å². The molecule has 0 aromatic rings. The van der Waals surface area contributed by atoms with Gasteiger partial charge in [-0.05, 0) is 51.4 Å². The number of hydrogen-bond donors (Lipinski definition) is 3. The fraction of sp³-hybridized carbons (Fsp3) is 0.825. The number of esters is 3. The van der Waals surface area contributed by atoms with E-state index in [1.165, 1.54) is 116 Å². The van der Waals surface area contributed by atoms with Crippen LogP contribution in [0.5, 0.6) is 0 Å². The lowest BCUT2D eigenvalue weighted by Gasteiger charge is -2.40. The van der Waals surface area contributed by atoms with Crippen LogP contribution in [0, 0.1) is 0 Å². The molecule has 69 heavy (non-hydrogen) atoms. The van der Waals surface area contributed by atoms with E-state index >= 15 is 0 Å². The van der Waals surface area contributed by atoms with Crippen LogP contribution in [0.2, 0.25) is 0 Å². The van der Waals surface area contributed by atoms with E-state index < -0.39 is 67.3 Å². The molecule has 400 valence electrons. The van der Waals surface area contributed by atoms with Crippen molar-refractivity contribution in [2.75, 3.05) is 13.2 Å². The fourth-order valence-corrected chi connectivity index (χ4v) is 8.44. The number of hydrogen-bond acceptors (Lipinski definition) is 11. The number of aliphatic hydroxyl groups excluding tert-OH is 2. The number of ether oxygens (including phenoxy) is 5. The molecule has 1 aliphatic rings. The van der Waals surface area contributed by atoms with E-state index in [0.717, 1.165) is 77.0 Å². The third-order valence-electron chi connectivity index (χ3n) is 12.7. The van der Waals surface area contributed by atoms with Gasteiger partial charge >= 0.3 is 23.9 Å². The van der Waals surface area contributed by atoms with Gasteiger partial charge in [0.25, 0.3) is 0 Å². The van der Waals surface area contributed by atoms with Crippen molar-refractivity contribution >= 4 is 23.9 Å². The first kappa shape index (κ1) is 64.0. The van der Waals surface area contributed by atoms with Gasteiger partial charge in [0.05, 0.1) is 6.61 Å². The highest BCUT2D eigenvalue weighted by Gasteiger charge is 2.50. The molecular weight excluding hydrogens is 877 g/mol. The Labute approximate surface area is 419 Å². The highest BCUT2D eigenvalue weighted by Crippen LogP contribution is 2.26. The number of carboxylic acid groups (broad SMARTS) is 1. The Balaban J connectivity index is 2.67. The Bertz CT molecular complexity index is 1350. The Morgan fingerprint density at radius 2 is 0.913 bits per heavy atom. The fourth-order valence-electron chi connectivity index (χ4n) is 8.44. The number of aliphatic hydroxyl groups is 2. The Kier molecular flexibility index (Phi) is 42.7. The molecule has 0 aromatic heterocycles. The summed E-state index contributed by atoms with van der Waals surface area (Å²) in [5.74, 6) is -3.14. The molecule has 12 nitrogen and oxygen atoms in total. The number of carbonyl (C=O) groups is 4. The Morgan fingerprint density at radius 3 is 1.39 bits per heavy atom. The van der Waals surface area contributed by atoms with Gasteiger partial charge in [-0.3, -0.25) is 14.4 Å². The average molecular weight is 977 g/mol. The molecule has 6 atom stereocenters. The number of rotatable bonds is 47. The van der Waals surface area contributed by atoms with Crippen LogP contribution in [0.4, 0.5) is 0 Å². The first-order valence-electron chi connectivity index (χ1n) is 28.0. The molecule has 0 radical (unpaired) electrons. The summed E-state index contributed by atoms with van der Waals surface area (Å²) in [6.45, 7) is 5.83. The maximum absolute atomic E-state index is 13.0. The second-order valence-electron chi connectivity index (χ2n) is 19.2. The molecule has 1 fully saturated rings. The molecule has 0 bridgehead atoms. The predicted octanol–water partition coefficient (Wildman–Crippen LogP) is 13.7. The largest absolute Gasteiger partial charge is 0.479 e. The average Bonchev–Trinajstić information content (AvgIpc) is 3.33. The highest BCUT2D eigenvalue weighted by molar-refractivity contribution is 5.74. The van der Waals surface area contributed by atoms with Gasteiger partial charge in [0.15, 0.2) is 24.6 Å². The summed E-state index contributed by atoms with van der Waals surface area (Å²) in [6, 6.07) is 0. The summed E-state index contributed by atoms with van der Waals surface area (Å²) < 4.78 is 28.3. The van der Waals surface area contributed by atoms with Crippen molar-refractivity contribution < 1.29 is 58.2 Å². The van der Waals surface area contributed by atoms with Gasteiger partial charge < -0.3 is 39.0 Å². The van der Waals surface area contributed by atoms with Crippen molar-refractivity contribution in [1.82, 2.24) is 0 Å². The molecule has 1 aliphatic heterocycles. The van der Waals surface area contributed by atoms with Crippen LogP contribution in [0.15, 0.2) is 36.5 Å². The summed E-state index contributed by atoms with van der Waals surface area (Å²) >= 11 is 0. The smallest absolute Gasteiger partial charge is 0.335 e. The molecule has 0 aromatic carbocycles. The van der Waals surface area contributed by atoms with E-state index in [9.17, 15) is 34.5 Å². The van der Waals surface area contributed by atoms with Crippen molar-refractivity contribution in [3.05, 3.63) is 36.5 Å². The second-order valence-corrected chi connectivity index (χ2v) is 19.2. The van der Waals surface area contributed by atoms with Crippen LogP contribution >= 0.6 is 0 Å². The van der Waals surface area contributed by atoms with Crippen LogP contribution < -0.4 is 0 Å². The minimum atomic E-state index is -1.90. The van der Waals surface area contributed by atoms with Crippen molar-refractivity contribution in [2.45, 2.75) is 289 Å². The number of unbranched alkanes of at least 4 members (excludes halogenated alkanes) is 27. The molecule has 0 saturated carbocycles. The van der Waals surface area contributed by atoms with Crippen LogP contribution in [0.25, 0.3) is 0 Å². The third kappa shape index (κ3) is 36.5. The lowest BCUT2D eigenvalue weighted by Crippen LogP contribution is -2.61. The van der Waals surface area contributed by atoms with E-state index in [-0.39, 0.29) is 25.9 Å². The summed E-state index contributed by atoms with van der Waals surface area (Å²) in [4.78, 5) is 50.8. The molecule has 3 N–H and O–H groups in total. The molecule has 1 rings (SSSR count). The van der Waals surface area contributed by atoms with E-state index in [1.54, 1.807) is 0 Å². The molecule has 1 heterocycles. The normalized spacial score (nSPS) is 18.9. The van der Waals surface area contributed by atoms with Gasteiger partial charge in [0, 0.05) is 19.3 Å². The van der Waals surface area contributed by atoms with Crippen molar-refractivity contribution in [3.8, 4) is 0 Å². The van der Waals surface area contributed by atoms with Crippen molar-refractivity contribution in [3.63, 3.8) is 0 Å². The maximum atomic E-state index is 13.0. The quantitative estimate of drug-likeness (QED) is 0.0228. The topological polar surface area (TPSA) is 175 Å². The molecular formula is C57H100O12. The second kappa shape index (κ2) is 46.0. The Hall–Kier alpha value is -3.06. The van der Waals surface area contributed by atoms with Crippen LogP contribution in [0.1, 0.15) is 252 Å². The van der Waals surface area contributed by atoms with Gasteiger partial charge in [-0.2, -0.15) is 0 Å². The SMILES string of the molecule is CC/C=C\C/C=C\C/C=C\CCCCCC(=O)OCC(COC1OC(C(=O)O)C(O)C(O)C1OC(=O)CCCCCCCCCCCCCCCCCCC)OC(=O)CCCCCCCCCCC. The first-order chi connectivity index (χ1) is 33.6. The summed E-state index contributed by atoms with van der Waals surface area (Å²) in [6.07, 6.45) is 40.0. The summed E-state index contributed by atoms with van der Waals surface area (Å²) in [7, 11) is 0.